The molecule has 2 atom stereocenters. The van der Waals surface area contributed by atoms with Crippen molar-refractivity contribution in [1.82, 2.24) is 0 Å². The molecule has 2 aliphatic rings. The molecule has 86 valence electrons. The van der Waals surface area contributed by atoms with E-state index in [2.05, 4.69) is 0 Å². The predicted molar refractivity (Wildman–Crippen MR) is 50.2 cm³/mol. The highest BCUT2D eigenvalue weighted by Crippen LogP contribution is 2.40. The average Bonchev–Trinajstić information content (AvgIpc) is 2.62. The first kappa shape index (κ1) is 10.9. The van der Waals surface area contributed by atoms with E-state index in [0.29, 0.717) is 19.6 Å². The van der Waals surface area contributed by atoms with Crippen LogP contribution in [0, 0.1) is 5.92 Å². The van der Waals surface area contributed by atoms with E-state index in [1.54, 1.807) is 0 Å². The van der Waals surface area contributed by atoms with Crippen molar-refractivity contribution in [2.24, 2.45) is 5.92 Å². The highest BCUT2D eigenvalue weighted by molar-refractivity contribution is 5.67. The number of hydrogen-bond acceptors (Lipinski definition) is 4. The smallest absolute Gasteiger partial charge is 0.303 e. The summed E-state index contributed by atoms with van der Waals surface area (Å²) in [5.41, 5.74) is 0. The molecule has 0 bridgehead atoms. The topological polar surface area (TPSA) is 76.0 Å². The lowest BCUT2D eigenvalue weighted by molar-refractivity contribution is -0.250. The molecule has 0 aromatic heterocycles. The second kappa shape index (κ2) is 4.08. The van der Waals surface area contributed by atoms with Crippen molar-refractivity contribution >= 4 is 5.97 Å². The quantitative estimate of drug-likeness (QED) is 0.697. The van der Waals surface area contributed by atoms with Crippen molar-refractivity contribution in [3.8, 4) is 0 Å². The van der Waals surface area contributed by atoms with Gasteiger partial charge in [-0.3, -0.25) is 4.79 Å². The minimum absolute atomic E-state index is 0.0182. The minimum atomic E-state index is -0.918. The standard InChI is InChI=1S/C10H16O5/c11-8(12)6-7-2-1-3-10(9(7)13)14-4-5-15-10/h7,9,13H,1-6H2,(H,11,12). The summed E-state index contributed by atoms with van der Waals surface area (Å²) in [6.07, 6.45) is 1.39. The highest BCUT2D eigenvalue weighted by Gasteiger charge is 2.49. The van der Waals surface area contributed by atoms with Crippen LogP contribution in [0.25, 0.3) is 0 Å². The van der Waals surface area contributed by atoms with Crippen molar-refractivity contribution in [2.75, 3.05) is 13.2 Å². The van der Waals surface area contributed by atoms with Gasteiger partial charge in [-0.15, -0.1) is 0 Å². The van der Waals surface area contributed by atoms with Crippen molar-refractivity contribution in [1.29, 1.82) is 0 Å². The number of rotatable bonds is 2. The van der Waals surface area contributed by atoms with Crippen LogP contribution in [0.4, 0.5) is 0 Å². The monoisotopic (exact) mass is 216 g/mol. The number of carboxylic acids is 1. The average molecular weight is 216 g/mol. The Morgan fingerprint density at radius 2 is 2.07 bits per heavy atom. The second-order valence-electron chi connectivity index (χ2n) is 4.20. The summed E-state index contributed by atoms with van der Waals surface area (Å²) >= 11 is 0. The third-order valence-corrected chi connectivity index (χ3v) is 3.21. The maximum Gasteiger partial charge on any atom is 0.303 e. The maximum absolute atomic E-state index is 10.6. The fraction of sp³-hybridized carbons (Fsp3) is 0.900. The van der Waals surface area contributed by atoms with E-state index >= 15 is 0 Å². The highest BCUT2D eigenvalue weighted by atomic mass is 16.7. The van der Waals surface area contributed by atoms with Crippen molar-refractivity contribution in [3.63, 3.8) is 0 Å². The van der Waals surface area contributed by atoms with Gasteiger partial charge in [0.2, 0.25) is 0 Å². The summed E-state index contributed by atoms with van der Waals surface area (Å²) in [6.45, 7) is 0.966. The van der Waals surface area contributed by atoms with Gasteiger partial charge in [-0.25, -0.2) is 0 Å². The normalized spacial score (nSPS) is 34.5. The first-order chi connectivity index (χ1) is 7.14. The molecule has 1 heterocycles. The van der Waals surface area contributed by atoms with E-state index in [1.165, 1.54) is 0 Å². The van der Waals surface area contributed by atoms with Crippen LogP contribution in [0.5, 0.6) is 0 Å². The Bertz CT molecular complexity index is 246. The zero-order valence-corrected chi connectivity index (χ0v) is 8.52. The number of hydrogen-bond donors (Lipinski definition) is 2. The molecule has 1 aliphatic carbocycles. The van der Waals surface area contributed by atoms with E-state index in [1.807, 2.05) is 0 Å². The maximum atomic E-state index is 10.6. The summed E-state index contributed by atoms with van der Waals surface area (Å²) in [4.78, 5) is 10.6. The zero-order valence-electron chi connectivity index (χ0n) is 8.52. The van der Waals surface area contributed by atoms with Crippen LogP contribution in [0.2, 0.25) is 0 Å². The molecular weight excluding hydrogens is 200 g/mol. The molecular formula is C10H16O5. The Hall–Kier alpha value is -0.650. The van der Waals surface area contributed by atoms with E-state index in [4.69, 9.17) is 14.6 Å². The summed E-state index contributed by atoms with van der Waals surface area (Å²) in [6, 6.07) is 0. The van der Waals surface area contributed by atoms with Gasteiger partial charge < -0.3 is 19.7 Å². The molecule has 0 aromatic rings. The fourth-order valence-electron chi connectivity index (χ4n) is 2.50. The number of carboxylic acid groups (broad SMARTS) is 1. The molecule has 5 heteroatoms. The van der Waals surface area contributed by atoms with Gasteiger partial charge in [-0.05, 0) is 12.8 Å². The lowest BCUT2D eigenvalue weighted by atomic mass is 9.80. The molecule has 0 radical (unpaired) electrons. The Kier molecular flexibility index (Phi) is 2.95. The van der Waals surface area contributed by atoms with Crippen molar-refractivity contribution in [2.45, 2.75) is 37.6 Å². The molecule has 2 rings (SSSR count). The van der Waals surface area contributed by atoms with Crippen LogP contribution in [0.1, 0.15) is 25.7 Å². The van der Waals surface area contributed by atoms with Gasteiger partial charge in [-0.1, -0.05) is 0 Å². The van der Waals surface area contributed by atoms with Crippen LogP contribution in [0.15, 0.2) is 0 Å². The summed E-state index contributed by atoms with van der Waals surface area (Å²) in [5, 5.41) is 18.8. The molecule has 2 unspecified atom stereocenters. The molecule has 2 fully saturated rings. The van der Waals surface area contributed by atoms with Gasteiger partial charge in [0.15, 0.2) is 5.79 Å². The lowest BCUT2D eigenvalue weighted by Gasteiger charge is -2.40. The number of aliphatic carboxylic acids is 1. The Balaban J connectivity index is 2.05. The lowest BCUT2D eigenvalue weighted by Crippen LogP contribution is -2.51. The van der Waals surface area contributed by atoms with Gasteiger partial charge in [0.1, 0.15) is 6.10 Å². The molecule has 1 saturated heterocycles. The first-order valence-corrected chi connectivity index (χ1v) is 5.32. The van der Waals surface area contributed by atoms with E-state index < -0.39 is 17.9 Å². The summed E-state index contributed by atoms with van der Waals surface area (Å²) < 4.78 is 10.9. The Labute approximate surface area is 88.0 Å². The van der Waals surface area contributed by atoms with Crippen LogP contribution < -0.4 is 0 Å². The predicted octanol–water partition coefficient (Wildman–Crippen LogP) is 0.365. The summed E-state index contributed by atoms with van der Waals surface area (Å²) in [5.74, 6) is -2.05. The third-order valence-electron chi connectivity index (χ3n) is 3.21. The minimum Gasteiger partial charge on any atom is -0.481 e. The van der Waals surface area contributed by atoms with Gasteiger partial charge in [0, 0.05) is 12.3 Å². The molecule has 1 spiro atoms. The Morgan fingerprint density at radius 1 is 1.40 bits per heavy atom. The van der Waals surface area contributed by atoms with Crippen LogP contribution in [-0.2, 0) is 14.3 Å². The van der Waals surface area contributed by atoms with Gasteiger partial charge in [0.05, 0.1) is 19.6 Å². The van der Waals surface area contributed by atoms with Crippen molar-refractivity contribution in [3.05, 3.63) is 0 Å². The first-order valence-electron chi connectivity index (χ1n) is 5.32. The molecule has 0 amide bonds. The molecule has 1 saturated carbocycles. The molecule has 0 aromatic carbocycles. The number of aliphatic hydroxyl groups excluding tert-OH is 1. The summed E-state index contributed by atoms with van der Waals surface area (Å²) in [7, 11) is 0. The molecule has 5 nitrogen and oxygen atoms in total. The number of carbonyl (C=O) groups is 1. The SMILES string of the molecule is O=C(O)CC1CCCC2(OCCO2)C1O. The second-order valence-corrected chi connectivity index (χ2v) is 4.20. The van der Waals surface area contributed by atoms with E-state index in [-0.39, 0.29) is 12.3 Å². The molecule has 1 aliphatic heterocycles. The van der Waals surface area contributed by atoms with Crippen LogP contribution >= 0.6 is 0 Å². The number of aliphatic hydroxyl groups is 1. The third kappa shape index (κ3) is 2.00. The van der Waals surface area contributed by atoms with E-state index in [9.17, 15) is 9.90 Å². The van der Waals surface area contributed by atoms with Gasteiger partial charge >= 0.3 is 5.97 Å². The fourth-order valence-corrected chi connectivity index (χ4v) is 2.50. The largest absolute Gasteiger partial charge is 0.481 e. The molecule has 15 heavy (non-hydrogen) atoms. The van der Waals surface area contributed by atoms with Crippen molar-refractivity contribution < 1.29 is 24.5 Å². The zero-order chi connectivity index (χ0) is 10.9. The van der Waals surface area contributed by atoms with Crippen LogP contribution in [0.3, 0.4) is 0 Å². The van der Waals surface area contributed by atoms with Crippen LogP contribution in [-0.4, -0.2) is 41.3 Å². The Morgan fingerprint density at radius 3 is 2.67 bits per heavy atom. The molecule has 2 N–H and O–H groups in total. The van der Waals surface area contributed by atoms with Gasteiger partial charge in [0.25, 0.3) is 0 Å². The van der Waals surface area contributed by atoms with E-state index in [0.717, 1.165) is 12.8 Å². The number of ether oxygens (including phenoxy) is 2. The van der Waals surface area contributed by atoms with Gasteiger partial charge in [-0.2, -0.15) is 0 Å².